The summed E-state index contributed by atoms with van der Waals surface area (Å²) in [7, 11) is -1.34. The van der Waals surface area contributed by atoms with E-state index in [0.29, 0.717) is 18.6 Å². The van der Waals surface area contributed by atoms with Crippen LogP contribution in [-0.4, -0.2) is 55.9 Å². The molecule has 14 heteroatoms. The van der Waals surface area contributed by atoms with Crippen molar-refractivity contribution in [3.05, 3.63) is 209 Å². The van der Waals surface area contributed by atoms with Crippen molar-refractivity contribution < 1.29 is 10.0 Å². The van der Waals surface area contributed by atoms with Crippen LogP contribution in [0.25, 0.3) is 44.8 Å². The van der Waals surface area contributed by atoms with E-state index in [-0.39, 0.29) is 0 Å². The van der Waals surface area contributed by atoms with Crippen LogP contribution in [0.1, 0.15) is 33.6 Å². The first-order chi connectivity index (χ1) is 32.1. The lowest BCUT2D eigenvalue weighted by Gasteiger charge is -2.11. The van der Waals surface area contributed by atoms with Crippen molar-refractivity contribution in [2.45, 2.75) is 40.8 Å². The second-order valence-corrected chi connectivity index (χ2v) is 16.5. The van der Waals surface area contributed by atoms with Crippen LogP contribution < -0.4 is 16.1 Å². The molecule has 0 saturated carbocycles. The van der Waals surface area contributed by atoms with Gasteiger partial charge in [-0.25, -0.2) is 19.9 Å². The van der Waals surface area contributed by atoms with Gasteiger partial charge in [0.05, 0.1) is 18.1 Å². The third-order valence-corrected chi connectivity index (χ3v) is 11.5. The van der Waals surface area contributed by atoms with Crippen LogP contribution in [0, 0.1) is 27.7 Å². The zero-order valence-electron chi connectivity index (χ0n) is 37.0. The van der Waals surface area contributed by atoms with Crippen LogP contribution in [0.5, 0.6) is 0 Å². The van der Waals surface area contributed by atoms with E-state index in [2.05, 4.69) is 141 Å². The summed E-state index contributed by atoms with van der Waals surface area (Å²) in [5, 5.41) is 24.0. The van der Waals surface area contributed by atoms with Crippen molar-refractivity contribution in [3.8, 4) is 33.5 Å². The number of rotatable bonds is 10. The summed E-state index contributed by atoms with van der Waals surface area (Å²) in [6.07, 6.45) is 14.8. The van der Waals surface area contributed by atoms with Crippen molar-refractivity contribution >= 4 is 51.4 Å². The molecule has 6 heterocycles. The van der Waals surface area contributed by atoms with Gasteiger partial charge in [0.15, 0.2) is 22.9 Å². The molecule has 66 heavy (non-hydrogen) atoms. The van der Waals surface area contributed by atoms with Gasteiger partial charge in [-0.3, -0.25) is 18.8 Å². The third-order valence-electron chi connectivity index (χ3n) is 10.9. The van der Waals surface area contributed by atoms with E-state index in [9.17, 15) is 0 Å². The molecule has 0 saturated heterocycles. The van der Waals surface area contributed by atoms with Crippen LogP contribution in [0.15, 0.2) is 176 Å². The molecule has 10 rings (SSSR count). The Morgan fingerprint density at radius 1 is 0.515 bits per heavy atom. The highest BCUT2D eigenvalue weighted by atomic mass is 79.9. The Bertz CT molecular complexity index is 3220. The number of aromatic nitrogens is 8. The van der Waals surface area contributed by atoms with Crippen LogP contribution in [0.4, 0.5) is 11.6 Å². The van der Waals surface area contributed by atoms with Crippen molar-refractivity contribution in [2.75, 3.05) is 10.6 Å². The maximum Gasteiger partial charge on any atom is 0.488 e. The molecule has 328 valence electrons. The Morgan fingerprint density at radius 2 is 1.02 bits per heavy atom. The molecular weight excluding hydrogens is 887 g/mol. The zero-order chi connectivity index (χ0) is 46.0. The summed E-state index contributed by atoms with van der Waals surface area (Å²) < 4.78 is 4.94. The molecule has 0 unspecified atom stereocenters. The minimum Gasteiger partial charge on any atom is -0.423 e. The van der Waals surface area contributed by atoms with Gasteiger partial charge in [-0.1, -0.05) is 97.1 Å². The summed E-state index contributed by atoms with van der Waals surface area (Å²) >= 11 is 3.48. The van der Waals surface area contributed by atoms with Crippen LogP contribution in [0.3, 0.4) is 0 Å². The summed E-state index contributed by atoms with van der Waals surface area (Å²) in [6, 6.07) is 40.3. The highest BCUT2D eigenvalue weighted by Gasteiger charge is 2.12. The Morgan fingerprint density at radius 3 is 1.52 bits per heavy atom. The Hall–Kier alpha value is -7.52. The lowest BCUT2D eigenvalue weighted by Crippen LogP contribution is -2.29. The van der Waals surface area contributed by atoms with Gasteiger partial charge >= 0.3 is 7.12 Å². The van der Waals surface area contributed by atoms with Gasteiger partial charge in [-0.2, -0.15) is 0 Å². The van der Waals surface area contributed by atoms with E-state index in [1.807, 2.05) is 85.8 Å². The molecule has 0 atom stereocenters. The van der Waals surface area contributed by atoms with Crippen LogP contribution >= 0.6 is 15.9 Å². The second kappa shape index (κ2) is 21.0. The molecule has 0 fully saturated rings. The number of imidazole rings is 2. The minimum absolute atomic E-state index is 0.525. The number of hydrogen-bond donors (Lipinski definition) is 4. The third kappa shape index (κ3) is 10.9. The summed E-state index contributed by atoms with van der Waals surface area (Å²) in [5.74, 6) is 1.54. The molecule has 0 bridgehead atoms. The van der Waals surface area contributed by atoms with Crippen molar-refractivity contribution in [3.63, 3.8) is 0 Å². The topological polar surface area (TPSA) is 151 Å². The molecule has 6 aromatic heterocycles. The number of aryl methyl sites for hydroxylation is 4. The van der Waals surface area contributed by atoms with E-state index in [4.69, 9.17) is 10.0 Å². The van der Waals surface area contributed by atoms with Crippen molar-refractivity contribution in [2.24, 2.45) is 0 Å². The maximum atomic E-state index is 8.58. The first kappa shape index (κ1) is 45.1. The number of nitrogens with one attached hydrogen (secondary N) is 2. The van der Waals surface area contributed by atoms with E-state index < -0.39 is 7.12 Å². The minimum atomic E-state index is -1.34. The Kier molecular flexibility index (Phi) is 14.3. The fourth-order valence-corrected chi connectivity index (χ4v) is 8.01. The predicted octanol–water partition coefficient (Wildman–Crippen LogP) is 9.84. The molecule has 0 amide bonds. The van der Waals surface area contributed by atoms with E-state index >= 15 is 0 Å². The molecular formula is C52H48BBrN10O2. The van der Waals surface area contributed by atoms with Gasteiger partial charge in [0, 0.05) is 67.2 Å². The monoisotopic (exact) mass is 934 g/mol. The smallest absolute Gasteiger partial charge is 0.423 e. The number of pyridine rings is 2. The van der Waals surface area contributed by atoms with Crippen molar-refractivity contribution in [1.82, 2.24) is 38.7 Å². The number of benzene rings is 4. The van der Waals surface area contributed by atoms with Gasteiger partial charge in [0.2, 0.25) is 0 Å². The lowest BCUT2D eigenvalue weighted by atomic mass is 9.81. The summed E-state index contributed by atoms with van der Waals surface area (Å²) in [4.78, 5) is 26.5. The molecule has 0 aliphatic heterocycles. The highest BCUT2D eigenvalue weighted by Crippen LogP contribution is 2.28. The van der Waals surface area contributed by atoms with Gasteiger partial charge in [0.1, 0.15) is 4.60 Å². The van der Waals surface area contributed by atoms with Crippen molar-refractivity contribution in [1.29, 1.82) is 0 Å². The number of fused-ring (bicyclic) bond motifs is 2. The highest BCUT2D eigenvalue weighted by molar-refractivity contribution is 9.10. The van der Waals surface area contributed by atoms with E-state index in [1.165, 1.54) is 44.5 Å². The largest absolute Gasteiger partial charge is 0.488 e. The van der Waals surface area contributed by atoms with Crippen LogP contribution in [0.2, 0.25) is 0 Å². The number of halogens is 1. The van der Waals surface area contributed by atoms with E-state index in [0.717, 1.165) is 50.2 Å². The number of nitrogens with zero attached hydrogens (tertiary/aromatic N) is 8. The maximum absolute atomic E-state index is 8.58. The van der Waals surface area contributed by atoms with Gasteiger partial charge in [-0.15, -0.1) is 0 Å². The molecule has 4 N–H and O–H groups in total. The fraction of sp³-hybridized carbons (Fsp3) is 0.115. The lowest BCUT2D eigenvalue weighted by molar-refractivity contribution is 0.426. The predicted molar refractivity (Wildman–Crippen MR) is 268 cm³/mol. The number of anilines is 2. The molecule has 0 spiro atoms. The average molecular weight is 936 g/mol. The van der Waals surface area contributed by atoms with Gasteiger partial charge < -0.3 is 20.7 Å². The molecule has 0 radical (unpaired) electrons. The average Bonchev–Trinajstić information content (AvgIpc) is 3.95. The summed E-state index contributed by atoms with van der Waals surface area (Å²) in [6.45, 7) is 9.68. The quantitative estimate of drug-likeness (QED) is 0.0977. The normalized spacial score (nSPS) is 10.8. The first-order valence-electron chi connectivity index (χ1n) is 21.4. The van der Waals surface area contributed by atoms with Gasteiger partial charge in [-0.05, 0) is 118 Å². The molecule has 10 aromatic rings. The molecule has 4 aromatic carbocycles. The Balaban J connectivity index is 0.000000153. The van der Waals surface area contributed by atoms with Gasteiger partial charge in [0.25, 0.3) is 0 Å². The molecule has 0 aliphatic carbocycles. The second-order valence-electron chi connectivity index (χ2n) is 15.7. The summed E-state index contributed by atoms with van der Waals surface area (Å²) in [5.41, 5.74) is 16.1. The SMILES string of the molecule is Cc1cc(-c2ccc(CNc3nccn4c(-c5ccccc5)cnc34)cc2C)ccn1.Cc1cc(-c2ccc(CNc3nccn4c(Br)cnc34)cc2C)ccn1.OB(O)c1ccccc1. The molecule has 12 nitrogen and oxygen atoms in total. The van der Waals surface area contributed by atoms with Crippen LogP contribution in [-0.2, 0) is 13.1 Å². The Labute approximate surface area is 392 Å². The number of hydrogen-bond acceptors (Lipinski definition) is 10. The zero-order valence-corrected chi connectivity index (χ0v) is 38.6. The fourth-order valence-electron chi connectivity index (χ4n) is 7.62. The molecule has 0 aliphatic rings. The first-order valence-corrected chi connectivity index (χ1v) is 22.2. The van der Waals surface area contributed by atoms with E-state index in [1.54, 1.807) is 36.7 Å². The standard InChI is InChI=1S/C26H23N5.C20H18BrN5.C6H7BO2/c1-18-14-20(8-9-23(18)22-10-11-27-19(2)15-22)16-29-25-26-30-17-24(31(26)13-12-28-25)21-6-4-3-5-7-21;1-13-9-15(3-4-17(13)16-5-6-22-14(2)10-16)11-24-19-20-25-12-18(21)26(20)8-7-23-19;8-7(9)6-4-2-1-3-5-6/h3-15,17H,16H2,1-2H3,(H,28,29);3-10,12H,11H2,1-2H3,(H,23,24);1-5,8-9H.